The second-order valence-electron chi connectivity index (χ2n) is 6.05. The van der Waals surface area contributed by atoms with Gasteiger partial charge in [-0.3, -0.25) is 0 Å². The molecule has 0 aliphatic carbocycles. The van der Waals surface area contributed by atoms with Crippen LogP contribution in [0.5, 0.6) is 0 Å². The van der Waals surface area contributed by atoms with Gasteiger partial charge in [0.1, 0.15) is 12.1 Å². The van der Waals surface area contributed by atoms with Gasteiger partial charge in [-0.1, -0.05) is 32.9 Å². The number of pyridine rings is 1. The molecule has 0 unspecified atom stereocenters. The van der Waals surface area contributed by atoms with Crippen molar-refractivity contribution in [2.75, 3.05) is 5.32 Å². The van der Waals surface area contributed by atoms with Crippen LogP contribution in [0.1, 0.15) is 26.3 Å². The lowest BCUT2D eigenvalue weighted by Crippen LogP contribution is -2.10. The van der Waals surface area contributed by atoms with Gasteiger partial charge < -0.3 is 5.32 Å². The lowest BCUT2D eigenvalue weighted by molar-refractivity contribution is 0.590. The lowest BCUT2D eigenvalue weighted by atomic mass is 9.87. The van der Waals surface area contributed by atoms with E-state index in [1.54, 1.807) is 6.20 Å². The fraction of sp³-hybridized carbons (Fsp3) is 0.235. The number of fused-ring (bicyclic) bond motifs is 1. The first-order chi connectivity index (χ1) is 10.0. The molecule has 0 spiro atoms. The molecule has 3 rings (SSSR count). The van der Waals surface area contributed by atoms with Crippen LogP contribution in [-0.4, -0.2) is 15.0 Å². The van der Waals surface area contributed by atoms with E-state index >= 15 is 0 Å². The first kappa shape index (κ1) is 13.5. The van der Waals surface area contributed by atoms with Crippen molar-refractivity contribution in [3.8, 4) is 0 Å². The molecule has 0 radical (unpaired) electrons. The Hall–Kier alpha value is -2.49. The van der Waals surface area contributed by atoms with Crippen LogP contribution >= 0.6 is 0 Å². The highest BCUT2D eigenvalue weighted by Crippen LogP contribution is 2.26. The van der Waals surface area contributed by atoms with E-state index in [1.807, 2.05) is 12.1 Å². The molecule has 2 aromatic heterocycles. The summed E-state index contributed by atoms with van der Waals surface area (Å²) in [6, 6.07) is 12.3. The van der Waals surface area contributed by atoms with E-state index in [1.165, 1.54) is 11.9 Å². The third-order valence-corrected chi connectivity index (χ3v) is 3.42. The second kappa shape index (κ2) is 5.13. The van der Waals surface area contributed by atoms with E-state index < -0.39 is 0 Å². The highest BCUT2D eigenvalue weighted by Gasteiger charge is 2.13. The number of nitrogens with zero attached hydrogens (tertiary/aromatic N) is 3. The van der Waals surface area contributed by atoms with Crippen molar-refractivity contribution in [2.45, 2.75) is 26.2 Å². The van der Waals surface area contributed by atoms with Gasteiger partial charge in [0, 0.05) is 11.9 Å². The number of anilines is 2. The van der Waals surface area contributed by atoms with E-state index in [4.69, 9.17) is 0 Å². The predicted molar refractivity (Wildman–Crippen MR) is 85.8 cm³/mol. The topological polar surface area (TPSA) is 50.7 Å². The van der Waals surface area contributed by atoms with Crippen molar-refractivity contribution in [1.29, 1.82) is 0 Å². The third kappa shape index (κ3) is 2.84. The molecule has 2 heterocycles. The monoisotopic (exact) mass is 278 g/mol. The van der Waals surface area contributed by atoms with Gasteiger partial charge >= 0.3 is 0 Å². The van der Waals surface area contributed by atoms with Crippen molar-refractivity contribution in [1.82, 2.24) is 15.0 Å². The van der Waals surface area contributed by atoms with Crippen LogP contribution in [0.3, 0.4) is 0 Å². The smallest absolute Gasteiger partial charge is 0.164 e. The Morgan fingerprint density at radius 2 is 1.67 bits per heavy atom. The SMILES string of the molecule is CC(C)(C)c1ccc(Nc2ncnc3ncccc23)cc1. The first-order valence-corrected chi connectivity index (χ1v) is 6.97. The molecule has 0 saturated heterocycles. The fourth-order valence-corrected chi connectivity index (χ4v) is 2.19. The summed E-state index contributed by atoms with van der Waals surface area (Å²) in [5.41, 5.74) is 3.17. The Balaban J connectivity index is 1.92. The summed E-state index contributed by atoms with van der Waals surface area (Å²) in [6.07, 6.45) is 3.26. The molecule has 0 aliphatic rings. The van der Waals surface area contributed by atoms with Gasteiger partial charge in [-0.15, -0.1) is 0 Å². The molecule has 4 nitrogen and oxygen atoms in total. The zero-order valence-corrected chi connectivity index (χ0v) is 12.5. The molecule has 21 heavy (non-hydrogen) atoms. The molecule has 3 aromatic rings. The molecule has 1 aromatic carbocycles. The molecular weight excluding hydrogens is 260 g/mol. The van der Waals surface area contributed by atoms with Gasteiger partial charge in [0.25, 0.3) is 0 Å². The minimum atomic E-state index is 0.157. The van der Waals surface area contributed by atoms with Gasteiger partial charge in [0.15, 0.2) is 5.65 Å². The number of hydrogen-bond donors (Lipinski definition) is 1. The Labute approximate surface area is 124 Å². The van der Waals surface area contributed by atoms with Crippen molar-refractivity contribution >= 4 is 22.5 Å². The highest BCUT2D eigenvalue weighted by molar-refractivity contribution is 5.87. The van der Waals surface area contributed by atoms with Gasteiger partial charge in [0.05, 0.1) is 5.39 Å². The molecule has 0 atom stereocenters. The number of rotatable bonds is 2. The number of hydrogen-bond acceptors (Lipinski definition) is 4. The maximum absolute atomic E-state index is 4.31. The zero-order chi connectivity index (χ0) is 14.9. The fourth-order valence-electron chi connectivity index (χ4n) is 2.19. The van der Waals surface area contributed by atoms with E-state index in [0.29, 0.717) is 5.65 Å². The minimum absolute atomic E-state index is 0.157. The summed E-state index contributed by atoms with van der Waals surface area (Å²) in [4.78, 5) is 12.7. The van der Waals surface area contributed by atoms with E-state index in [-0.39, 0.29) is 5.41 Å². The molecule has 106 valence electrons. The van der Waals surface area contributed by atoms with Crippen LogP contribution in [0.15, 0.2) is 48.9 Å². The summed E-state index contributed by atoms with van der Waals surface area (Å²) in [5, 5.41) is 4.25. The van der Waals surface area contributed by atoms with Gasteiger partial charge in [-0.05, 0) is 35.2 Å². The molecule has 0 aliphatic heterocycles. The van der Waals surface area contributed by atoms with Crippen molar-refractivity contribution in [2.24, 2.45) is 0 Å². The van der Waals surface area contributed by atoms with Crippen LogP contribution in [-0.2, 0) is 5.41 Å². The molecule has 4 heteroatoms. The molecule has 1 N–H and O–H groups in total. The van der Waals surface area contributed by atoms with Crippen LogP contribution in [0.25, 0.3) is 11.0 Å². The van der Waals surface area contributed by atoms with E-state index in [9.17, 15) is 0 Å². The Morgan fingerprint density at radius 3 is 2.38 bits per heavy atom. The first-order valence-electron chi connectivity index (χ1n) is 6.97. The lowest BCUT2D eigenvalue weighted by Gasteiger charge is -2.19. The van der Waals surface area contributed by atoms with Gasteiger partial charge in [-0.25, -0.2) is 15.0 Å². The molecular formula is C17H18N4. The average Bonchev–Trinajstić information content (AvgIpc) is 2.47. The van der Waals surface area contributed by atoms with Crippen molar-refractivity contribution in [3.05, 3.63) is 54.5 Å². The summed E-state index contributed by atoms with van der Waals surface area (Å²) < 4.78 is 0. The number of benzene rings is 1. The molecule has 0 saturated carbocycles. The zero-order valence-electron chi connectivity index (χ0n) is 12.5. The summed E-state index contributed by atoms with van der Waals surface area (Å²) in [5.74, 6) is 0.775. The molecule has 0 amide bonds. The quantitative estimate of drug-likeness (QED) is 0.767. The summed E-state index contributed by atoms with van der Waals surface area (Å²) in [6.45, 7) is 6.62. The Kier molecular flexibility index (Phi) is 3.29. The highest BCUT2D eigenvalue weighted by atomic mass is 15.0. The summed E-state index contributed by atoms with van der Waals surface area (Å²) >= 11 is 0. The normalized spacial score (nSPS) is 11.6. The molecule has 0 bridgehead atoms. The maximum Gasteiger partial charge on any atom is 0.164 e. The largest absolute Gasteiger partial charge is 0.340 e. The predicted octanol–water partition coefficient (Wildman–Crippen LogP) is 4.07. The Morgan fingerprint density at radius 1 is 0.905 bits per heavy atom. The maximum atomic E-state index is 4.31. The summed E-state index contributed by atoms with van der Waals surface area (Å²) in [7, 11) is 0. The minimum Gasteiger partial charge on any atom is -0.340 e. The number of nitrogens with one attached hydrogen (secondary N) is 1. The van der Waals surface area contributed by atoms with Crippen LogP contribution in [0.2, 0.25) is 0 Å². The third-order valence-electron chi connectivity index (χ3n) is 3.42. The molecule has 0 fully saturated rings. The van der Waals surface area contributed by atoms with Gasteiger partial charge in [-0.2, -0.15) is 0 Å². The van der Waals surface area contributed by atoms with Crippen LogP contribution < -0.4 is 5.32 Å². The van der Waals surface area contributed by atoms with Crippen LogP contribution in [0.4, 0.5) is 11.5 Å². The average molecular weight is 278 g/mol. The standard InChI is InChI=1S/C17H18N4/c1-17(2,3)12-6-8-13(9-7-12)21-16-14-5-4-10-18-15(14)19-11-20-16/h4-11H,1-3H3,(H,18,19,20,21). The second-order valence-corrected chi connectivity index (χ2v) is 6.05. The Bertz CT molecular complexity index is 752. The van der Waals surface area contributed by atoms with Gasteiger partial charge in [0.2, 0.25) is 0 Å². The number of aromatic nitrogens is 3. The van der Waals surface area contributed by atoms with Crippen LogP contribution in [0, 0.1) is 0 Å². The van der Waals surface area contributed by atoms with E-state index in [0.717, 1.165) is 16.9 Å². The van der Waals surface area contributed by atoms with Crippen molar-refractivity contribution < 1.29 is 0 Å². The van der Waals surface area contributed by atoms with E-state index in [2.05, 4.69) is 65.3 Å². The van der Waals surface area contributed by atoms with Crippen molar-refractivity contribution in [3.63, 3.8) is 0 Å².